The van der Waals surface area contributed by atoms with Crippen molar-refractivity contribution in [1.82, 2.24) is 14.7 Å². The average molecular weight is 482 g/mol. The molecule has 0 saturated heterocycles. The van der Waals surface area contributed by atoms with E-state index >= 15 is 0 Å². The normalized spacial score (nSPS) is 14.9. The van der Waals surface area contributed by atoms with E-state index in [0.29, 0.717) is 24.9 Å². The Labute approximate surface area is 207 Å². The van der Waals surface area contributed by atoms with Gasteiger partial charge in [0.15, 0.2) is 11.6 Å². The molecule has 7 heteroatoms. The van der Waals surface area contributed by atoms with Gasteiger partial charge in [0, 0.05) is 32.2 Å². The summed E-state index contributed by atoms with van der Waals surface area (Å²) in [6.45, 7) is 8.07. The molecule has 1 saturated carbocycles. The molecule has 4 rings (SSSR count). The first-order valence-electron chi connectivity index (χ1n) is 12.3. The SMILES string of the molecule is Cn1nc(-c2ccccc2)c(CN(CC(O)COC(C)(C)C)CC2CC2)c1Oc1ccccc1F. The highest BCUT2D eigenvalue weighted by molar-refractivity contribution is 5.65. The quantitative estimate of drug-likeness (QED) is 0.397. The smallest absolute Gasteiger partial charge is 0.222 e. The van der Waals surface area contributed by atoms with Gasteiger partial charge in [-0.15, -0.1) is 0 Å². The maximum atomic E-state index is 14.5. The second kappa shape index (κ2) is 10.9. The molecule has 1 aliphatic carbocycles. The third kappa shape index (κ3) is 7.13. The third-order valence-corrected chi connectivity index (χ3v) is 5.95. The monoisotopic (exact) mass is 481 g/mol. The minimum absolute atomic E-state index is 0.156. The standard InChI is InChI=1S/C28H36FN3O3/c1-28(2,3)34-19-22(33)17-32(16-20-14-15-20)18-23-26(21-10-6-5-7-11-21)30-31(4)27(23)35-25-13-9-8-12-24(25)29/h5-13,20,22,33H,14-19H2,1-4H3. The molecule has 0 spiro atoms. The van der Waals surface area contributed by atoms with Crippen LogP contribution in [0.1, 0.15) is 39.2 Å². The lowest BCUT2D eigenvalue weighted by atomic mass is 10.1. The fourth-order valence-corrected chi connectivity index (χ4v) is 4.07. The van der Waals surface area contributed by atoms with Crippen molar-refractivity contribution in [3.05, 3.63) is 66.0 Å². The van der Waals surface area contributed by atoms with Crippen LogP contribution in [0.25, 0.3) is 11.3 Å². The molecule has 0 aliphatic heterocycles. The molecule has 35 heavy (non-hydrogen) atoms. The first-order valence-corrected chi connectivity index (χ1v) is 12.3. The summed E-state index contributed by atoms with van der Waals surface area (Å²) in [5.74, 6) is 0.850. The van der Waals surface area contributed by atoms with Crippen molar-refractivity contribution in [2.24, 2.45) is 13.0 Å². The molecule has 1 aromatic heterocycles. The van der Waals surface area contributed by atoms with Crippen molar-refractivity contribution in [3.63, 3.8) is 0 Å². The lowest BCUT2D eigenvalue weighted by Gasteiger charge is -2.27. The summed E-state index contributed by atoms with van der Waals surface area (Å²) in [6.07, 6.45) is 1.77. The summed E-state index contributed by atoms with van der Waals surface area (Å²) < 4.78 is 28.0. The van der Waals surface area contributed by atoms with E-state index in [1.54, 1.807) is 22.9 Å². The predicted molar refractivity (Wildman–Crippen MR) is 135 cm³/mol. The highest BCUT2D eigenvalue weighted by Gasteiger charge is 2.29. The van der Waals surface area contributed by atoms with Crippen molar-refractivity contribution >= 4 is 0 Å². The van der Waals surface area contributed by atoms with Crippen LogP contribution < -0.4 is 4.74 Å². The lowest BCUT2D eigenvalue weighted by Crippen LogP contribution is -2.37. The number of hydrogen-bond acceptors (Lipinski definition) is 5. The Morgan fingerprint density at radius 2 is 1.80 bits per heavy atom. The molecule has 188 valence electrons. The Bertz CT molecular complexity index is 1110. The Morgan fingerprint density at radius 1 is 1.11 bits per heavy atom. The van der Waals surface area contributed by atoms with E-state index in [4.69, 9.17) is 14.6 Å². The number of benzene rings is 2. The maximum Gasteiger partial charge on any atom is 0.222 e. The second-order valence-electron chi connectivity index (χ2n) is 10.4. The zero-order chi connectivity index (χ0) is 25.0. The van der Waals surface area contributed by atoms with Gasteiger partial charge in [-0.2, -0.15) is 5.10 Å². The predicted octanol–water partition coefficient (Wildman–Crippen LogP) is 5.41. The number of rotatable bonds is 11. The van der Waals surface area contributed by atoms with Gasteiger partial charge in [0.2, 0.25) is 5.88 Å². The summed E-state index contributed by atoms with van der Waals surface area (Å²) >= 11 is 0. The van der Waals surface area contributed by atoms with E-state index in [0.717, 1.165) is 23.4 Å². The van der Waals surface area contributed by atoms with Crippen LogP contribution in [0.4, 0.5) is 4.39 Å². The molecule has 0 bridgehead atoms. The van der Waals surface area contributed by atoms with Crippen molar-refractivity contribution in [3.8, 4) is 22.9 Å². The van der Waals surface area contributed by atoms with E-state index in [1.807, 2.05) is 58.2 Å². The van der Waals surface area contributed by atoms with Crippen LogP contribution in [-0.4, -0.2) is 51.2 Å². The molecule has 0 amide bonds. The van der Waals surface area contributed by atoms with E-state index < -0.39 is 11.9 Å². The Hall–Kier alpha value is -2.74. The van der Waals surface area contributed by atoms with Gasteiger partial charge in [-0.1, -0.05) is 42.5 Å². The van der Waals surface area contributed by atoms with Crippen molar-refractivity contribution < 1.29 is 19.0 Å². The first-order chi connectivity index (χ1) is 16.7. The molecule has 1 N–H and O–H groups in total. The molecule has 1 fully saturated rings. The topological polar surface area (TPSA) is 59.8 Å². The zero-order valence-electron chi connectivity index (χ0n) is 21.1. The highest BCUT2D eigenvalue weighted by Crippen LogP contribution is 2.36. The molecule has 1 atom stereocenters. The number of ether oxygens (including phenoxy) is 2. The molecule has 0 radical (unpaired) electrons. The van der Waals surface area contributed by atoms with Gasteiger partial charge in [0.1, 0.15) is 5.69 Å². The van der Waals surface area contributed by atoms with Crippen molar-refractivity contribution in [2.75, 3.05) is 19.7 Å². The van der Waals surface area contributed by atoms with Crippen LogP contribution >= 0.6 is 0 Å². The average Bonchev–Trinajstić information content (AvgIpc) is 3.58. The number of nitrogens with zero attached hydrogens (tertiary/aromatic N) is 3. The van der Waals surface area contributed by atoms with Crippen LogP contribution in [0.3, 0.4) is 0 Å². The fourth-order valence-electron chi connectivity index (χ4n) is 4.07. The van der Waals surface area contributed by atoms with Crippen LogP contribution in [0.5, 0.6) is 11.6 Å². The van der Waals surface area contributed by atoms with E-state index in [2.05, 4.69) is 4.90 Å². The number of aliphatic hydroxyl groups is 1. The van der Waals surface area contributed by atoms with Gasteiger partial charge in [-0.25, -0.2) is 9.07 Å². The number of hydrogen-bond donors (Lipinski definition) is 1. The van der Waals surface area contributed by atoms with Crippen molar-refractivity contribution in [1.29, 1.82) is 0 Å². The maximum absolute atomic E-state index is 14.5. The van der Waals surface area contributed by atoms with Gasteiger partial charge in [0.05, 0.1) is 23.9 Å². The van der Waals surface area contributed by atoms with E-state index in [9.17, 15) is 9.50 Å². The molecule has 3 aromatic rings. The minimum atomic E-state index is -0.624. The third-order valence-electron chi connectivity index (χ3n) is 5.95. The Morgan fingerprint density at radius 3 is 2.46 bits per heavy atom. The number of aryl methyl sites for hydroxylation is 1. The van der Waals surface area contributed by atoms with Crippen LogP contribution in [-0.2, 0) is 18.3 Å². The van der Waals surface area contributed by atoms with Gasteiger partial charge in [0.25, 0.3) is 0 Å². The lowest BCUT2D eigenvalue weighted by molar-refractivity contribution is -0.0569. The first kappa shape index (κ1) is 25.4. The Balaban J connectivity index is 1.64. The van der Waals surface area contributed by atoms with Crippen LogP contribution in [0.15, 0.2) is 54.6 Å². The molecule has 6 nitrogen and oxygen atoms in total. The highest BCUT2D eigenvalue weighted by atomic mass is 19.1. The Kier molecular flexibility index (Phi) is 7.89. The molecular weight excluding hydrogens is 445 g/mol. The summed E-state index contributed by atoms with van der Waals surface area (Å²) in [5, 5.41) is 15.5. The largest absolute Gasteiger partial charge is 0.436 e. The van der Waals surface area contributed by atoms with Gasteiger partial charge < -0.3 is 14.6 Å². The second-order valence-corrected chi connectivity index (χ2v) is 10.4. The molecular formula is C28H36FN3O3. The molecule has 1 unspecified atom stereocenters. The van der Waals surface area contributed by atoms with Gasteiger partial charge in [-0.3, -0.25) is 4.90 Å². The molecule has 1 aliphatic rings. The zero-order valence-corrected chi connectivity index (χ0v) is 21.1. The minimum Gasteiger partial charge on any atom is -0.436 e. The summed E-state index contributed by atoms with van der Waals surface area (Å²) in [5.41, 5.74) is 2.31. The summed E-state index contributed by atoms with van der Waals surface area (Å²) in [7, 11) is 1.81. The molecule has 2 aromatic carbocycles. The summed E-state index contributed by atoms with van der Waals surface area (Å²) in [4.78, 5) is 2.24. The number of aromatic nitrogens is 2. The summed E-state index contributed by atoms with van der Waals surface area (Å²) in [6, 6.07) is 16.3. The number of halogens is 1. The van der Waals surface area contributed by atoms with Gasteiger partial charge >= 0.3 is 0 Å². The number of aliphatic hydroxyl groups excluding tert-OH is 1. The van der Waals surface area contributed by atoms with Crippen LogP contribution in [0.2, 0.25) is 0 Å². The van der Waals surface area contributed by atoms with E-state index in [-0.39, 0.29) is 18.0 Å². The van der Waals surface area contributed by atoms with Crippen molar-refractivity contribution in [2.45, 2.75) is 51.9 Å². The number of para-hydroxylation sites is 1. The van der Waals surface area contributed by atoms with Crippen LogP contribution in [0, 0.1) is 11.7 Å². The molecule has 1 heterocycles. The van der Waals surface area contributed by atoms with Gasteiger partial charge in [-0.05, 0) is 51.7 Å². The van der Waals surface area contributed by atoms with E-state index in [1.165, 1.54) is 18.9 Å². The fraction of sp³-hybridized carbons (Fsp3) is 0.464.